The van der Waals surface area contributed by atoms with Gasteiger partial charge in [0.25, 0.3) is 0 Å². The Kier molecular flexibility index (Phi) is 4.51. The molecule has 26 heavy (non-hydrogen) atoms. The van der Waals surface area contributed by atoms with Crippen molar-refractivity contribution < 1.29 is 14.3 Å². The van der Waals surface area contributed by atoms with E-state index in [1.54, 1.807) is 6.21 Å². The summed E-state index contributed by atoms with van der Waals surface area (Å²) in [5, 5.41) is 6.33. The van der Waals surface area contributed by atoms with Gasteiger partial charge in [0.1, 0.15) is 13.2 Å². The molecule has 1 aliphatic heterocycles. The molecule has 0 aliphatic carbocycles. The molecule has 0 bridgehead atoms. The Bertz CT molecular complexity index is 977. The number of carbonyl (C=O) groups excluding carboxylic acids is 1. The molecule has 0 spiro atoms. The lowest BCUT2D eigenvalue weighted by molar-refractivity contribution is -0.120. The van der Waals surface area contributed by atoms with Gasteiger partial charge in [-0.3, -0.25) is 4.79 Å². The van der Waals surface area contributed by atoms with Crippen LogP contribution in [-0.2, 0) is 11.2 Å². The number of nitrogens with one attached hydrogen (secondary N) is 1. The van der Waals surface area contributed by atoms with Gasteiger partial charge in [-0.1, -0.05) is 48.5 Å². The number of amides is 1. The maximum Gasteiger partial charge on any atom is 0.244 e. The highest BCUT2D eigenvalue weighted by atomic mass is 16.6. The molecule has 0 aromatic heterocycles. The zero-order valence-electron chi connectivity index (χ0n) is 14.1. The summed E-state index contributed by atoms with van der Waals surface area (Å²) in [6, 6.07) is 19.6. The average molecular weight is 346 g/mol. The van der Waals surface area contributed by atoms with Gasteiger partial charge in [0.2, 0.25) is 5.91 Å². The second-order valence-electron chi connectivity index (χ2n) is 6.02. The van der Waals surface area contributed by atoms with Crippen molar-refractivity contribution in [1.29, 1.82) is 0 Å². The third-order valence-electron chi connectivity index (χ3n) is 4.19. The molecule has 3 aromatic rings. The normalized spacial score (nSPS) is 13.1. The second-order valence-corrected chi connectivity index (χ2v) is 6.02. The van der Waals surface area contributed by atoms with Gasteiger partial charge in [-0.2, -0.15) is 5.10 Å². The summed E-state index contributed by atoms with van der Waals surface area (Å²) >= 11 is 0. The number of hydrogen-bond donors (Lipinski definition) is 1. The monoisotopic (exact) mass is 346 g/mol. The molecule has 5 nitrogen and oxygen atoms in total. The lowest BCUT2D eigenvalue weighted by atomic mass is 10.1. The maximum atomic E-state index is 12.1. The van der Waals surface area contributed by atoms with Crippen molar-refractivity contribution in [2.45, 2.75) is 6.42 Å². The van der Waals surface area contributed by atoms with Crippen LogP contribution in [0.1, 0.15) is 11.1 Å². The minimum atomic E-state index is -0.182. The predicted octanol–water partition coefficient (Wildman–Crippen LogP) is 3.30. The number of benzene rings is 3. The first kappa shape index (κ1) is 16.1. The minimum absolute atomic E-state index is 0.182. The van der Waals surface area contributed by atoms with Crippen LogP contribution in [-0.4, -0.2) is 25.3 Å². The van der Waals surface area contributed by atoms with E-state index in [0.29, 0.717) is 19.0 Å². The second kappa shape index (κ2) is 7.27. The third-order valence-corrected chi connectivity index (χ3v) is 4.19. The zero-order valence-corrected chi connectivity index (χ0v) is 14.1. The number of hydrazone groups is 1. The first-order valence-corrected chi connectivity index (χ1v) is 8.48. The molecular weight excluding hydrogens is 328 g/mol. The van der Waals surface area contributed by atoms with Crippen LogP contribution in [0.5, 0.6) is 11.5 Å². The van der Waals surface area contributed by atoms with Crippen LogP contribution in [0.15, 0.2) is 65.8 Å². The average Bonchev–Trinajstić information content (AvgIpc) is 2.68. The van der Waals surface area contributed by atoms with Crippen LogP contribution in [0.4, 0.5) is 0 Å². The number of ether oxygens (including phenoxy) is 2. The van der Waals surface area contributed by atoms with Crippen molar-refractivity contribution in [3.63, 3.8) is 0 Å². The largest absolute Gasteiger partial charge is 0.486 e. The van der Waals surface area contributed by atoms with Gasteiger partial charge in [0.15, 0.2) is 11.5 Å². The summed E-state index contributed by atoms with van der Waals surface area (Å²) in [7, 11) is 0. The Hall–Kier alpha value is -3.34. The molecule has 0 saturated heterocycles. The molecule has 1 aliphatic rings. The van der Waals surface area contributed by atoms with Crippen molar-refractivity contribution in [1.82, 2.24) is 5.43 Å². The Morgan fingerprint density at radius 2 is 1.81 bits per heavy atom. The summed E-state index contributed by atoms with van der Waals surface area (Å²) in [5.41, 5.74) is 4.40. The number of carbonyl (C=O) groups is 1. The van der Waals surface area contributed by atoms with E-state index in [-0.39, 0.29) is 12.3 Å². The van der Waals surface area contributed by atoms with E-state index in [1.807, 2.05) is 60.7 Å². The van der Waals surface area contributed by atoms with Crippen molar-refractivity contribution >= 4 is 22.9 Å². The third kappa shape index (κ3) is 3.52. The quantitative estimate of drug-likeness (QED) is 0.582. The smallest absolute Gasteiger partial charge is 0.244 e. The standard InChI is InChI=1S/C21H18N2O3/c24-21(13-15-8-9-19-20(12-15)26-11-10-25-19)23-22-14-17-6-3-5-16-4-1-2-7-18(16)17/h1-9,12,14H,10-11,13H2,(H,23,24)/b22-14-. The van der Waals surface area contributed by atoms with Gasteiger partial charge in [-0.25, -0.2) is 5.43 Å². The number of hydrogen-bond acceptors (Lipinski definition) is 4. The lowest BCUT2D eigenvalue weighted by Crippen LogP contribution is -2.20. The van der Waals surface area contributed by atoms with Crippen molar-refractivity contribution in [3.05, 3.63) is 71.8 Å². The molecule has 1 N–H and O–H groups in total. The first-order chi connectivity index (χ1) is 12.8. The van der Waals surface area contributed by atoms with Gasteiger partial charge in [0, 0.05) is 5.56 Å². The summed E-state index contributed by atoms with van der Waals surface area (Å²) in [5.74, 6) is 1.22. The molecular formula is C21H18N2O3. The summed E-state index contributed by atoms with van der Waals surface area (Å²) in [6.45, 7) is 1.08. The molecule has 0 saturated carbocycles. The van der Waals surface area contributed by atoms with Crippen molar-refractivity contribution in [2.24, 2.45) is 5.10 Å². The van der Waals surface area contributed by atoms with Crippen LogP contribution >= 0.6 is 0 Å². The van der Waals surface area contributed by atoms with Crippen molar-refractivity contribution in [2.75, 3.05) is 13.2 Å². The van der Waals surface area contributed by atoms with Crippen LogP contribution in [0.3, 0.4) is 0 Å². The van der Waals surface area contributed by atoms with E-state index in [9.17, 15) is 4.79 Å². The van der Waals surface area contributed by atoms with E-state index in [0.717, 1.165) is 27.6 Å². The summed E-state index contributed by atoms with van der Waals surface area (Å²) in [4.78, 5) is 12.1. The molecule has 0 fully saturated rings. The van der Waals surface area contributed by atoms with Gasteiger partial charge in [0.05, 0.1) is 12.6 Å². The van der Waals surface area contributed by atoms with Gasteiger partial charge < -0.3 is 9.47 Å². The van der Waals surface area contributed by atoms with E-state index in [1.165, 1.54) is 0 Å². The van der Waals surface area contributed by atoms with Crippen LogP contribution in [0.25, 0.3) is 10.8 Å². The van der Waals surface area contributed by atoms with Crippen molar-refractivity contribution in [3.8, 4) is 11.5 Å². The number of rotatable bonds is 4. The molecule has 1 heterocycles. The van der Waals surface area contributed by atoms with E-state index >= 15 is 0 Å². The highest BCUT2D eigenvalue weighted by Gasteiger charge is 2.13. The fourth-order valence-electron chi connectivity index (χ4n) is 2.96. The molecule has 5 heteroatoms. The highest BCUT2D eigenvalue weighted by molar-refractivity contribution is 5.99. The maximum absolute atomic E-state index is 12.1. The van der Waals surface area contributed by atoms with Gasteiger partial charge in [-0.15, -0.1) is 0 Å². The zero-order chi connectivity index (χ0) is 17.8. The van der Waals surface area contributed by atoms with Gasteiger partial charge >= 0.3 is 0 Å². The summed E-state index contributed by atoms with van der Waals surface area (Å²) < 4.78 is 11.0. The van der Waals surface area contributed by atoms with Crippen LogP contribution in [0.2, 0.25) is 0 Å². The number of fused-ring (bicyclic) bond motifs is 2. The number of nitrogens with zero attached hydrogens (tertiary/aromatic N) is 1. The SMILES string of the molecule is O=C(Cc1ccc2c(c1)OCCO2)N/N=C\c1cccc2ccccc12. The molecule has 130 valence electrons. The topological polar surface area (TPSA) is 59.9 Å². The van der Waals surface area contributed by atoms with E-state index in [4.69, 9.17) is 9.47 Å². The molecule has 0 radical (unpaired) electrons. The van der Waals surface area contributed by atoms with E-state index in [2.05, 4.69) is 10.5 Å². The molecule has 1 amide bonds. The highest BCUT2D eigenvalue weighted by Crippen LogP contribution is 2.30. The fraction of sp³-hybridized carbons (Fsp3) is 0.143. The van der Waals surface area contributed by atoms with Gasteiger partial charge in [-0.05, 0) is 28.5 Å². The first-order valence-electron chi connectivity index (χ1n) is 8.48. The fourth-order valence-corrected chi connectivity index (χ4v) is 2.96. The Labute approximate surface area is 151 Å². The molecule has 3 aromatic carbocycles. The Morgan fingerprint density at radius 3 is 2.73 bits per heavy atom. The van der Waals surface area contributed by atoms with Crippen LogP contribution < -0.4 is 14.9 Å². The minimum Gasteiger partial charge on any atom is -0.486 e. The van der Waals surface area contributed by atoms with Crippen LogP contribution in [0, 0.1) is 0 Å². The molecule has 0 atom stereocenters. The molecule has 0 unspecified atom stereocenters. The molecule has 4 rings (SSSR count). The Morgan fingerprint density at radius 1 is 1.00 bits per heavy atom. The van der Waals surface area contributed by atoms with E-state index < -0.39 is 0 Å². The predicted molar refractivity (Wildman–Crippen MR) is 101 cm³/mol. The lowest BCUT2D eigenvalue weighted by Gasteiger charge is -2.18. The summed E-state index contributed by atoms with van der Waals surface area (Å²) in [6.07, 6.45) is 1.90. The Balaban J connectivity index is 1.41.